The number of guanidine groups is 1. The summed E-state index contributed by atoms with van der Waals surface area (Å²) in [6, 6.07) is 4.26. The van der Waals surface area contributed by atoms with Gasteiger partial charge in [0.25, 0.3) is 0 Å². The number of halogens is 1. The maximum absolute atomic E-state index is 5.64. The van der Waals surface area contributed by atoms with Crippen LogP contribution in [0.5, 0.6) is 5.75 Å². The van der Waals surface area contributed by atoms with Crippen LogP contribution in [0.4, 0.5) is 0 Å². The summed E-state index contributed by atoms with van der Waals surface area (Å²) < 4.78 is 11.1. The lowest BCUT2D eigenvalue weighted by Crippen LogP contribution is -2.49. The molecule has 2 aliphatic heterocycles. The summed E-state index contributed by atoms with van der Waals surface area (Å²) in [7, 11) is 1.81. The summed E-state index contributed by atoms with van der Waals surface area (Å²) in [4.78, 5) is 10.9. The third kappa shape index (κ3) is 7.79. The second-order valence-electron chi connectivity index (χ2n) is 6.99. The van der Waals surface area contributed by atoms with Crippen molar-refractivity contribution in [3.8, 4) is 5.75 Å². The van der Waals surface area contributed by atoms with E-state index in [4.69, 9.17) is 9.47 Å². The summed E-state index contributed by atoms with van der Waals surface area (Å²) in [5.41, 5.74) is 0. The molecule has 3 rings (SSSR count). The fourth-order valence-electron chi connectivity index (χ4n) is 3.51. The summed E-state index contributed by atoms with van der Waals surface area (Å²) in [5.74, 6) is 2.37. The van der Waals surface area contributed by atoms with E-state index in [0.29, 0.717) is 19.2 Å². The fraction of sp³-hybridized carbons (Fsp3) is 0.684. The molecular formula is C19H32IN5O2. The van der Waals surface area contributed by atoms with Crippen LogP contribution in [0.15, 0.2) is 29.5 Å². The molecule has 2 N–H and O–H groups in total. The smallest absolute Gasteiger partial charge is 0.191 e. The van der Waals surface area contributed by atoms with Crippen molar-refractivity contribution in [2.24, 2.45) is 10.9 Å². The van der Waals surface area contributed by atoms with E-state index in [-0.39, 0.29) is 24.0 Å². The van der Waals surface area contributed by atoms with Gasteiger partial charge in [0.15, 0.2) is 5.96 Å². The Labute approximate surface area is 179 Å². The molecule has 0 spiro atoms. The molecule has 1 unspecified atom stereocenters. The minimum absolute atomic E-state index is 0. The van der Waals surface area contributed by atoms with Crippen LogP contribution >= 0.6 is 24.0 Å². The largest absolute Gasteiger partial charge is 0.490 e. The first-order chi connectivity index (χ1) is 12.8. The first kappa shape index (κ1) is 22.2. The number of hydrogen-bond donors (Lipinski definition) is 2. The Morgan fingerprint density at radius 1 is 1.37 bits per heavy atom. The number of rotatable bonds is 7. The molecular weight excluding hydrogens is 457 g/mol. The molecule has 8 heteroatoms. The topological polar surface area (TPSA) is 71.0 Å². The maximum Gasteiger partial charge on any atom is 0.191 e. The molecule has 0 saturated carbocycles. The van der Waals surface area contributed by atoms with Crippen molar-refractivity contribution in [2.75, 3.05) is 53.0 Å². The predicted octanol–water partition coefficient (Wildman–Crippen LogP) is 1.74. The molecule has 0 radical (unpaired) electrons. The van der Waals surface area contributed by atoms with Crippen LogP contribution in [0.25, 0.3) is 0 Å². The second-order valence-corrected chi connectivity index (χ2v) is 6.99. The highest BCUT2D eigenvalue weighted by atomic mass is 127. The molecule has 0 bridgehead atoms. The highest BCUT2D eigenvalue weighted by molar-refractivity contribution is 14.0. The SMILES string of the molecule is CN=C(NCCOc1cccnc1)NC1CCN(CC2CCOC2)CC1.I. The zero-order valence-corrected chi connectivity index (χ0v) is 18.4. The van der Waals surface area contributed by atoms with Crippen LogP contribution < -0.4 is 15.4 Å². The highest BCUT2D eigenvalue weighted by Gasteiger charge is 2.24. The van der Waals surface area contributed by atoms with Gasteiger partial charge >= 0.3 is 0 Å². The molecule has 1 aromatic heterocycles. The van der Waals surface area contributed by atoms with E-state index < -0.39 is 0 Å². The van der Waals surface area contributed by atoms with E-state index in [2.05, 4.69) is 25.5 Å². The average Bonchev–Trinajstić information content (AvgIpc) is 3.19. The molecule has 0 aliphatic carbocycles. The Morgan fingerprint density at radius 2 is 2.22 bits per heavy atom. The minimum atomic E-state index is 0. The average molecular weight is 489 g/mol. The maximum atomic E-state index is 5.64. The summed E-state index contributed by atoms with van der Waals surface area (Å²) in [6.07, 6.45) is 6.99. The predicted molar refractivity (Wildman–Crippen MR) is 118 cm³/mol. The lowest BCUT2D eigenvalue weighted by molar-refractivity contribution is 0.150. The van der Waals surface area contributed by atoms with E-state index in [1.807, 2.05) is 19.2 Å². The molecule has 3 heterocycles. The summed E-state index contributed by atoms with van der Waals surface area (Å²) in [6.45, 7) is 6.64. The van der Waals surface area contributed by atoms with Crippen molar-refractivity contribution in [1.82, 2.24) is 20.5 Å². The van der Waals surface area contributed by atoms with Crippen LogP contribution in [0.2, 0.25) is 0 Å². The molecule has 1 atom stereocenters. The third-order valence-electron chi connectivity index (χ3n) is 4.99. The number of hydrogen-bond acceptors (Lipinski definition) is 5. The Hall–Kier alpha value is -1.13. The first-order valence-electron chi connectivity index (χ1n) is 9.63. The number of ether oxygens (including phenoxy) is 2. The minimum Gasteiger partial charge on any atom is -0.490 e. The van der Waals surface area contributed by atoms with Gasteiger partial charge in [-0.3, -0.25) is 9.98 Å². The van der Waals surface area contributed by atoms with Crippen molar-refractivity contribution in [2.45, 2.75) is 25.3 Å². The lowest BCUT2D eigenvalue weighted by atomic mass is 10.0. The van der Waals surface area contributed by atoms with Crippen LogP contribution in [0.1, 0.15) is 19.3 Å². The van der Waals surface area contributed by atoms with E-state index in [1.54, 1.807) is 12.4 Å². The summed E-state index contributed by atoms with van der Waals surface area (Å²) >= 11 is 0. The standard InChI is InChI=1S/C19H31N5O2.HI/c1-20-19(22-8-12-26-18-3-2-7-21-13-18)23-17-4-9-24(10-5-17)14-16-6-11-25-15-16;/h2-3,7,13,16-17H,4-6,8-12,14-15H2,1H3,(H2,20,22,23);1H. The molecule has 0 amide bonds. The number of aromatic nitrogens is 1. The molecule has 2 aliphatic rings. The van der Waals surface area contributed by atoms with Gasteiger partial charge in [0.2, 0.25) is 0 Å². The second kappa shape index (κ2) is 12.4. The van der Waals surface area contributed by atoms with Gasteiger partial charge in [-0.15, -0.1) is 24.0 Å². The monoisotopic (exact) mass is 489 g/mol. The fourth-order valence-corrected chi connectivity index (χ4v) is 3.51. The Balaban J connectivity index is 0.00000261. The third-order valence-corrected chi connectivity index (χ3v) is 4.99. The molecule has 2 fully saturated rings. The van der Waals surface area contributed by atoms with Crippen molar-refractivity contribution in [3.63, 3.8) is 0 Å². The van der Waals surface area contributed by atoms with Crippen molar-refractivity contribution in [1.29, 1.82) is 0 Å². The molecule has 27 heavy (non-hydrogen) atoms. The van der Waals surface area contributed by atoms with Gasteiger partial charge in [-0.05, 0) is 37.3 Å². The van der Waals surface area contributed by atoms with Gasteiger partial charge in [-0.1, -0.05) is 0 Å². The number of nitrogens with one attached hydrogen (secondary N) is 2. The molecule has 1 aromatic rings. The lowest BCUT2D eigenvalue weighted by Gasteiger charge is -2.34. The molecule has 152 valence electrons. The van der Waals surface area contributed by atoms with Crippen molar-refractivity contribution >= 4 is 29.9 Å². The van der Waals surface area contributed by atoms with Crippen LogP contribution in [-0.2, 0) is 4.74 Å². The van der Waals surface area contributed by atoms with Gasteiger partial charge in [-0.25, -0.2) is 0 Å². The zero-order chi connectivity index (χ0) is 18.0. The number of aliphatic imine (C=N–C) groups is 1. The number of piperidine rings is 1. The van der Waals surface area contributed by atoms with Crippen LogP contribution in [0, 0.1) is 5.92 Å². The first-order valence-corrected chi connectivity index (χ1v) is 9.63. The van der Waals surface area contributed by atoms with E-state index in [0.717, 1.165) is 56.8 Å². The van der Waals surface area contributed by atoms with Gasteiger partial charge < -0.3 is 25.0 Å². The number of likely N-dealkylation sites (tertiary alicyclic amines) is 1. The molecule has 7 nitrogen and oxygen atoms in total. The van der Waals surface area contributed by atoms with Crippen LogP contribution in [0.3, 0.4) is 0 Å². The van der Waals surface area contributed by atoms with Gasteiger partial charge in [0.05, 0.1) is 19.3 Å². The van der Waals surface area contributed by atoms with E-state index in [9.17, 15) is 0 Å². The normalized spacial score (nSPS) is 21.5. The Bertz CT molecular complexity index is 546. The van der Waals surface area contributed by atoms with Gasteiger partial charge in [-0.2, -0.15) is 0 Å². The number of nitrogens with zero attached hydrogens (tertiary/aromatic N) is 3. The van der Waals surface area contributed by atoms with E-state index in [1.165, 1.54) is 13.0 Å². The van der Waals surface area contributed by atoms with E-state index >= 15 is 0 Å². The molecule has 0 aromatic carbocycles. The highest BCUT2D eigenvalue weighted by Crippen LogP contribution is 2.17. The van der Waals surface area contributed by atoms with Gasteiger partial charge in [0.1, 0.15) is 12.4 Å². The summed E-state index contributed by atoms with van der Waals surface area (Å²) in [5, 5.41) is 6.86. The molecule has 2 saturated heterocycles. The Kier molecular flexibility index (Phi) is 10.1. The van der Waals surface area contributed by atoms with Crippen molar-refractivity contribution in [3.05, 3.63) is 24.5 Å². The Morgan fingerprint density at radius 3 is 2.89 bits per heavy atom. The van der Waals surface area contributed by atoms with Crippen LogP contribution in [-0.4, -0.2) is 74.9 Å². The zero-order valence-electron chi connectivity index (χ0n) is 16.1. The van der Waals surface area contributed by atoms with Gasteiger partial charge in [0, 0.05) is 45.5 Å². The quantitative estimate of drug-likeness (QED) is 0.263. The number of pyridine rings is 1. The van der Waals surface area contributed by atoms with Crippen molar-refractivity contribution < 1.29 is 9.47 Å².